The highest BCUT2D eigenvalue weighted by atomic mass is 19.4. The molecule has 2 rings (SSSR count). The van der Waals surface area contributed by atoms with Crippen molar-refractivity contribution in [3.8, 4) is 22.9 Å². The zero-order valence-electron chi connectivity index (χ0n) is 10.7. The smallest absolute Gasteiger partial charge is 0.467 e. The van der Waals surface area contributed by atoms with Crippen LogP contribution in [0.5, 0.6) is 11.8 Å². The van der Waals surface area contributed by atoms with Gasteiger partial charge in [-0.1, -0.05) is 0 Å². The lowest BCUT2D eigenvalue weighted by Gasteiger charge is -2.11. The van der Waals surface area contributed by atoms with Crippen molar-refractivity contribution in [2.75, 3.05) is 7.11 Å². The van der Waals surface area contributed by atoms with Gasteiger partial charge in [-0.2, -0.15) is 0 Å². The summed E-state index contributed by atoms with van der Waals surface area (Å²) in [6, 6.07) is 3.50. The molecule has 0 aliphatic carbocycles. The second-order valence-electron chi connectivity index (χ2n) is 3.87. The largest absolute Gasteiger partial charge is 0.573 e. The lowest BCUT2D eigenvalue weighted by atomic mass is 10.0. The molecule has 0 aliphatic heterocycles. The minimum absolute atomic E-state index is 0.106. The van der Waals surface area contributed by atoms with E-state index in [1.54, 1.807) is 0 Å². The normalized spacial score (nSPS) is 11.0. The molecule has 110 valence electrons. The molecule has 0 N–H and O–H groups in total. The van der Waals surface area contributed by atoms with Crippen molar-refractivity contribution < 1.29 is 27.4 Å². The van der Waals surface area contributed by atoms with Gasteiger partial charge in [0.15, 0.2) is 6.29 Å². The van der Waals surface area contributed by atoms with E-state index in [0.29, 0.717) is 11.8 Å². The number of alkyl halides is 3. The van der Waals surface area contributed by atoms with Gasteiger partial charge < -0.3 is 9.47 Å². The number of halogens is 3. The maximum absolute atomic E-state index is 12.2. The van der Waals surface area contributed by atoms with E-state index in [1.807, 2.05) is 0 Å². The van der Waals surface area contributed by atoms with Crippen LogP contribution in [0.1, 0.15) is 10.4 Å². The molecular weight excluding hydrogens is 289 g/mol. The van der Waals surface area contributed by atoms with Gasteiger partial charge >= 0.3 is 12.4 Å². The molecule has 0 amide bonds. The first kappa shape index (κ1) is 14.8. The number of hydrogen-bond donors (Lipinski definition) is 0. The van der Waals surface area contributed by atoms with Crippen LogP contribution in [0.25, 0.3) is 11.1 Å². The van der Waals surface area contributed by atoms with Gasteiger partial charge in [-0.25, -0.2) is 9.97 Å². The Morgan fingerprint density at radius 3 is 2.38 bits per heavy atom. The number of benzene rings is 1. The molecule has 1 aromatic heterocycles. The fourth-order valence-corrected chi connectivity index (χ4v) is 1.65. The first-order chi connectivity index (χ1) is 9.93. The van der Waals surface area contributed by atoms with E-state index in [-0.39, 0.29) is 17.1 Å². The topological polar surface area (TPSA) is 61.3 Å². The summed E-state index contributed by atoms with van der Waals surface area (Å²) in [6.45, 7) is 0. The summed E-state index contributed by atoms with van der Waals surface area (Å²) >= 11 is 0. The highest BCUT2D eigenvalue weighted by Gasteiger charge is 2.31. The van der Waals surface area contributed by atoms with Crippen molar-refractivity contribution in [3.63, 3.8) is 0 Å². The van der Waals surface area contributed by atoms with E-state index in [0.717, 1.165) is 12.1 Å². The second-order valence-corrected chi connectivity index (χ2v) is 3.87. The summed E-state index contributed by atoms with van der Waals surface area (Å²) in [4.78, 5) is 18.7. The molecule has 0 spiro atoms. The molecule has 21 heavy (non-hydrogen) atoms. The fraction of sp³-hybridized carbons (Fsp3) is 0.154. The van der Waals surface area contributed by atoms with Gasteiger partial charge in [-0.05, 0) is 23.8 Å². The zero-order valence-corrected chi connectivity index (χ0v) is 10.7. The van der Waals surface area contributed by atoms with Crippen molar-refractivity contribution in [2.24, 2.45) is 0 Å². The van der Waals surface area contributed by atoms with E-state index in [1.165, 1.54) is 25.6 Å². The third kappa shape index (κ3) is 3.68. The predicted octanol–water partition coefficient (Wildman–Crippen LogP) is 2.86. The Kier molecular flexibility index (Phi) is 4.06. The maximum atomic E-state index is 12.2. The Bertz CT molecular complexity index is 642. The predicted molar refractivity (Wildman–Crippen MR) is 66.1 cm³/mol. The first-order valence-corrected chi connectivity index (χ1v) is 5.64. The highest BCUT2D eigenvalue weighted by molar-refractivity contribution is 5.87. The molecule has 8 heteroatoms. The maximum Gasteiger partial charge on any atom is 0.573 e. The van der Waals surface area contributed by atoms with Crippen LogP contribution in [-0.4, -0.2) is 29.7 Å². The van der Waals surface area contributed by atoms with E-state index in [9.17, 15) is 18.0 Å². The van der Waals surface area contributed by atoms with Crippen molar-refractivity contribution >= 4 is 6.29 Å². The van der Waals surface area contributed by atoms with Crippen LogP contribution in [0.2, 0.25) is 0 Å². The SMILES string of the molecule is COc1ncc(-c2cc(OC(F)(F)F)ccc2C=O)cn1. The van der Waals surface area contributed by atoms with Gasteiger partial charge in [0.05, 0.1) is 7.11 Å². The van der Waals surface area contributed by atoms with Crippen LogP contribution >= 0.6 is 0 Å². The lowest BCUT2D eigenvalue weighted by molar-refractivity contribution is -0.274. The van der Waals surface area contributed by atoms with Crippen molar-refractivity contribution in [1.29, 1.82) is 0 Å². The number of ether oxygens (including phenoxy) is 2. The minimum atomic E-state index is -4.81. The van der Waals surface area contributed by atoms with Gasteiger partial charge in [0, 0.05) is 23.5 Å². The Hall–Kier alpha value is -2.64. The van der Waals surface area contributed by atoms with Crippen LogP contribution in [-0.2, 0) is 0 Å². The number of methoxy groups -OCH3 is 1. The molecule has 0 bridgehead atoms. The molecule has 0 unspecified atom stereocenters. The lowest BCUT2D eigenvalue weighted by Crippen LogP contribution is -2.17. The van der Waals surface area contributed by atoms with Gasteiger partial charge in [-0.15, -0.1) is 13.2 Å². The summed E-state index contributed by atoms with van der Waals surface area (Å²) in [5.74, 6) is -0.432. The van der Waals surface area contributed by atoms with Crippen LogP contribution < -0.4 is 9.47 Å². The molecule has 0 saturated heterocycles. The molecule has 0 radical (unpaired) electrons. The number of hydrogen-bond acceptors (Lipinski definition) is 5. The molecule has 5 nitrogen and oxygen atoms in total. The number of carbonyl (C=O) groups excluding carboxylic acids is 1. The minimum Gasteiger partial charge on any atom is -0.467 e. The monoisotopic (exact) mass is 298 g/mol. The van der Waals surface area contributed by atoms with Crippen LogP contribution in [0, 0.1) is 0 Å². The Morgan fingerprint density at radius 1 is 1.19 bits per heavy atom. The molecule has 0 aliphatic rings. The van der Waals surface area contributed by atoms with Gasteiger partial charge in [0.25, 0.3) is 0 Å². The van der Waals surface area contributed by atoms with Gasteiger partial charge in [0.2, 0.25) is 0 Å². The second kappa shape index (κ2) is 5.78. The Labute approximate surface area is 117 Å². The standard InChI is InChI=1S/C13H9F3N2O3/c1-20-12-17-5-9(6-18-12)11-4-10(21-13(14,15)16)3-2-8(11)7-19/h2-7H,1H3. The summed E-state index contributed by atoms with van der Waals surface area (Å²) in [6.07, 6.45) is -1.61. The van der Waals surface area contributed by atoms with Crippen molar-refractivity contribution in [2.45, 2.75) is 6.36 Å². The molecule has 0 atom stereocenters. The number of aromatic nitrogens is 2. The Balaban J connectivity index is 2.43. The van der Waals surface area contributed by atoms with E-state index in [4.69, 9.17) is 4.74 Å². The first-order valence-electron chi connectivity index (χ1n) is 5.64. The molecule has 0 saturated carbocycles. The zero-order chi connectivity index (χ0) is 15.5. The molecule has 1 aromatic carbocycles. The average molecular weight is 298 g/mol. The molecule has 2 aromatic rings. The van der Waals surface area contributed by atoms with E-state index >= 15 is 0 Å². The van der Waals surface area contributed by atoms with Crippen LogP contribution in [0.4, 0.5) is 13.2 Å². The summed E-state index contributed by atoms with van der Waals surface area (Å²) < 4.78 is 45.3. The van der Waals surface area contributed by atoms with E-state index in [2.05, 4.69) is 14.7 Å². The quantitative estimate of drug-likeness (QED) is 0.812. The van der Waals surface area contributed by atoms with Gasteiger partial charge in [-0.3, -0.25) is 4.79 Å². The number of nitrogens with zero attached hydrogens (tertiary/aromatic N) is 2. The number of rotatable bonds is 4. The van der Waals surface area contributed by atoms with Crippen LogP contribution in [0.15, 0.2) is 30.6 Å². The summed E-state index contributed by atoms with van der Waals surface area (Å²) in [7, 11) is 1.38. The fourth-order valence-electron chi connectivity index (χ4n) is 1.65. The number of carbonyl (C=O) groups is 1. The van der Waals surface area contributed by atoms with Gasteiger partial charge in [0.1, 0.15) is 5.75 Å². The molecular formula is C13H9F3N2O3. The average Bonchev–Trinajstić information content (AvgIpc) is 2.45. The molecule has 1 heterocycles. The highest BCUT2D eigenvalue weighted by Crippen LogP contribution is 2.30. The summed E-state index contributed by atoms with van der Waals surface area (Å²) in [5, 5.41) is 0. The third-order valence-electron chi connectivity index (χ3n) is 2.51. The van der Waals surface area contributed by atoms with Crippen molar-refractivity contribution in [3.05, 3.63) is 36.2 Å². The van der Waals surface area contributed by atoms with Crippen molar-refractivity contribution in [1.82, 2.24) is 9.97 Å². The summed E-state index contributed by atoms with van der Waals surface area (Å²) in [5.41, 5.74) is 0.790. The van der Waals surface area contributed by atoms with Crippen LogP contribution in [0.3, 0.4) is 0 Å². The molecule has 0 fully saturated rings. The number of aldehydes is 1. The van der Waals surface area contributed by atoms with E-state index < -0.39 is 12.1 Å². The Morgan fingerprint density at radius 2 is 1.86 bits per heavy atom. The third-order valence-corrected chi connectivity index (χ3v) is 2.51.